The summed E-state index contributed by atoms with van der Waals surface area (Å²) in [5.41, 5.74) is 6.60. The molecule has 9 atom stereocenters. The molecule has 8 N–H and O–H groups in total. The number of hydrogen-bond donors (Lipinski definition) is 7. The number of carbonyl (C=O) groups excluding carboxylic acids is 2. The van der Waals surface area contributed by atoms with Crippen LogP contribution in [0, 0.1) is 0 Å². The molecule has 2 unspecified atom stereocenters. The molecular formula is C29H43N10O7S2+. The Morgan fingerprint density at radius 3 is 2.90 bits per heavy atom. The number of carboxylic acid groups (broad SMARTS) is 1. The van der Waals surface area contributed by atoms with Crippen LogP contribution >= 0.6 is 11.8 Å². The molecule has 19 heteroatoms. The Balaban J connectivity index is 0.958. The number of rotatable bonds is 17. The van der Waals surface area contributed by atoms with E-state index in [2.05, 4.69) is 40.9 Å². The molecule has 5 heterocycles. The van der Waals surface area contributed by atoms with Crippen LogP contribution < -0.4 is 21.7 Å². The van der Waals surface area contributed by atoms with Gasteiger partial charge in [-0.1, -0.05) is 6.42 Å². The zero-order valence-electron chi connectivity index (χ0n) is 26.6. The number of aliphatic carboxylic acids is 1. The van der Waals surface area contributed by atoms with Crippen LogP contribution in [0.25, 0.3) is 11.2 Å². The van der Waals surface area contributed by atoms with Gasteiger partial charge in [-0.05, 0) is 23.7 Å². The Morgan fingerprint density at radius 1 is 1.25 bits per heavy atom. The molecule has 3 amide bonds. The molecule has 0 aromatic carbocycles. The predicted octanol–water partition coefficient (Wildman–Crippen LogP) is -0.550. The summed E-state index contributed by atoms with van der Waals surface area (Å²) in [6.07, 6.45) is 7.46. The van der Waals surface area contributed by atoms with Crippen LogP contribution in [0.1, 0.15) is 44.8 Å². The number of carbonyl (C=O) groups is 3. The van der Waals surface area contributed by atoms with Crippen molar-refractivity contribution in [3.05, 3.63) is 12.7 Å². The molecule has 0 aliphatic carbocycles. The van der Waals surface area contributed by atoms with Gasteiger partial charge in [0.15, 0.2) is 23.7 Å². The number of hydrogen-bond acceptors (Lipinski definition) is 13. The summed E-state index contributed by atoms with van der Waals surface area (Å²) in [7, 11) is -0.337. The number of amides is 3. The molecular weight excluding hydrogens is 665 g/mol. The van der Waals surface area contributed by atoms with Crippen LogP contribution in [0.4, 0.5) is 10.6 Å². The second-order valence-corrected chi connectivity index (χ2v) is 15.6. The summed E-state index contributed by atoms with van der Waals surface area (Å²) in [4.78, 5) is 56.0. The summed E-state index contributed by atoms with van der Waals surface area (Å²) in [5.74, 6) is 0.956. The van der Waals surface area contributed by atoms with Crippen molar-refractivity contribution in [3.8, 4) is 0 Å². The Morgan fingerprint density at radius 2 is 2.08 bits per heavy atom. The van der Waals surface area contributed by atoms with Gasteiger partial charge in [0.25, 0.3) is 0 Å². The van der Waals surface area contributed by atoms with E-state index in [4.69, 9.17) is 10.5 Å². The van der Waals surface area contributed by atoms with Gasteiger partial charge in [-0.2, -0.15) is 11.8 Å². The summed E-state index contributed by atoms with van der Waals surface area (Å²) < 4.78 is 7.54. The largest absolute Gasteiger partial charge is 0.480 e. The van der Waals surface area contributed by atoms with Crippen LogP contribution in [0.2, 0.25) is 0 Å². The lowest BCUT2D eigenvalue weighted by atomic mass is 10.0. The average Bonchev–Trinajstić information content (AvgIpc) is 3.81. The molecule has 0 spiro atoms. The molecule has 3 fully saturated rings. The SMILES string of the molecule is C[S+](CC[C@H](N=CCC=NCNC(=O)CCCCC1SC[C@@H]2NC(=O)N[C@H]12)C(=O)O)C[C@H]1O[C@@H](n2cnc3c(N)ncnc32)[C@H](O)[C@@H]1O. The van der Waals surface area contributed by atoms with Crippen molar-refractivity contribution >= 4 is 70.0 Å². The van der Waals surface area contributed by atoms with Gasteiger partial charge in [0.1, 0.15) is 48.3 Å². The van der Waals surface area contributed by atoms with Crippen molar-refractivity contribution in [2.24, 2.45) is 9.98 Å². The van der Waals surface area contributed by atoms with Gasteiger partial charge < -0.3 is 41.7 Å². The number of ether oxygens (including phenoxy) is 1. The number of nitrogen functional groups attached to an aromatic ring is 1. The number of aliphatic hydroxyl groups excluding tert-OH is 2. The van der Waals surface area contributed by atoms with E-state index < -0.39 is 36.6 Å². The number of fused-ring (bicyclic) bond motifs is 2. The molecule has 262 valence electrons. The van der Waals surface area contributed by atoms with E-state index in [1.165, 1.54) is 23.4 Å². The molecule has 0 radical (unpaired) electrons. The number of anilines is 1. The molecule has 5 rings (SSSR count). The van der Waals surface area contributed by atoms with Crippen molar-refractivity contribution in [2.45, 2.75) is 86.4 Å². The number of nitrogens with one attached hydrogen (secondary N) is 3. The number of thioether (sulfide) groups is 1. The number of urea groups is 1. The molecule has 2 aromatic rings. The fraction of sp³-hybridized carbons (Fsp3) is 0.655. The van der Waals surface area contributed by atoms with Gasteiger partial charge in [-0.15, -0.1) is 0 Å². The minimum atomic E-state index is -1.22. The predicted molar refractivity (Wildman–Crippen MR) is 183 cm³/mol. The van der Waals surface area contributed by atoms with Gasteiger partial charge in [0.2, 0.25) is 5.91 Å². The monoisotopic (exact) mass is 707 g/mol. The first-order chi connectivity index (χ1) is 23.1. The van der Waals surface area contributed by atoms with E-state index in [9.17, 15) is 29.7 Å². The highest BCUT2D eigenvalue weighted by molar-refractivity contribution is 8.00. The van der Waals surface area contributed by atoms with E-state index in [1.54, 1.807) is 6.21 Å². The minimum absolute atomic E-state index is 0.0787. The van der Waals surface area contributed by atoms with E-state index in [0.717, 1.165) is 25.0 Å². The summed E-state index contributed by atoms with van der Waals surface area (Å²) in [6, 6.07) is -0.646. The standard InChI is InChI=1S/C29H42N10O7S2/c1-48(12-18-23(41)24(42)27(46-18)39-15-36-22-25(30)34-14-35-26(22)39)10-7-16(28(43)44)32-9-4-8-31-13-33-20(40)6-3-2-5-19-21-17(11-47-19)37-29(45)38-21/h8-9,14-19,21,23-24,27,41-42H,2-7,10-13H2,1H3,(H5-,30,33,34,35,37,38,40,43,44,45)/p+1/t16-,17-,18+,19?,21-,23+,24+,27+,48?/m0/s1. The summed E-state index contributed by atoms with van der Waals surface area (Å²) in [6.45, 7) is 0.136. The number of nitrogens with zero attached hydrogens (tertiary/aromatic N) is 6. The fourth-order valence-electron chi connectivity index (χ4n) is 5.96. The van der Waals surface area contributed by atoms with Crippen LogP contribution in [-0.4, -0.2) is 137 Å². The summed E-state index contributed by atoms with van der Waals surface area (Å²) in [5, 5.41) is 40.1. The molecule has 17 nitrogen and oxygen atoms in total. The molecule has 0 bridgehead atoms. The van der Waals surface area contributed by atoms with E-state index in [-0.39, 0.29) is 47.4 Å². The Bertz CT molecular complexity index is 1500. The third-order valence-electron chi connectivity index (χ3n) is 8.55. The Labute approximate surface area is 284 Å². The number of nitrogens with two attached hydrogens (primary N) is 1. The smallest absolute Gasteiger partial charge is 0.328 e. The maximum Gasteiger partial charge on any atom is 0.328 e. The van der Waals surface area contributed by atoms with Gasteiger partial charge in [-0.25, -0.2) is 24.5 Å². The lowest BCUT2D eigenvalue weighted by molar-refractivity contribution is -0.138. The molecule has 3 aliphatic rings. The Hall–Kier alpha value is -3.52. The lowest BCUT2D eigenvalue weighted by Gasteiger charge is -2.16. The van der Waals surface area contributed by atoms with Crippen LogP contribution in [0.5, 0.6) is 0 Å². The van der Waals surface area contributed by atoms with E-state index in [0.29, 0.717) is 47.2 Å². The van der Waals surface area contributed by atoms with Gasteiger partial charge in [-0.3, -0.25) is 19.3 Å². The number of aliphatic hydroxyl groups is 2. The summed E-state index contributed by atoms with van der Waals surface area (Å²) >= 11 is 1.86. The van der Waals surface area contributed by atoms with E-state index in [1.807, 2.05) is 18.0 Å². The van der Waals surface area contributed by atoms with Crippen molar-refractivity contribution in [1.82, 2.24) is 35.5 Å². The fourth-order valence-corrected chi connectivity index (χ4v) is 9.13. The zero-order valence-corrected chi connectivity index (χ0v) is 28.2. The number of imidazole rings is 1. The third kappa shape index (κ3) is 8.93. The normalized spacial score (nSPS) is 28.1. The molecule has 48 heavy (non-hydrogen) atoms. The number of aromatic nitrogens is 4. The second-order valence-electron chi connectivity index (χ2n) is 12.0. The van der Waals surface area contributed by atoms with Crippen molar-refractivity contribution < 1.29 is 34.4 Å². The maximum atomic E-state index is 12.1. The van der Waals surface area contributed by atoms with Crippen LogP contribution in [-0.2, 0) is 25.2 Å². The first-order valence-corrected chi connectivity index (χ1v) is 18.9. The first kappa shape index (κ1) is 35.8. The lowest BCUT2D eigenvalue weighted by Crippen LogP contribution is -2.36. The number of carboxylic acids is 1. The quantitative estimate of drug-likeness (QED) is 0.0474. The van der Waals surface area contributed by atoms with Crippen molar-refractivity contribution in [2.75, 3.05) is 35.9 Å². The van der Waals surface area contributed by atoms with E-state index >= 15 is 0 Å². The van der Waals surface area contributed by atoms with Crippen molar-refractivity contribution in [1.29, 1.82) is 0 Å². The topological polar surface area (TPSA) is 252 Å². The third-order valence-corrected chi connectivity index (χ3v) is 11.9. The Kier molecular flexibility index (Phi) is 12.5. The molecule has 3 aliphatic heterocycles. The van der Waals surface area contributed by atoms with Crippen molar-refractivity contribution in [3.63, 3.8) is 0 Å². The van der Waals surface area contributed by atoms with Crippen LogP contribution in [0.15, 0.2) is 22.6 Å². The van der Waals surface area contributed by atoms with Crippen LogP contribution in [0.3, 0.4) is 0 Å². The zero-order chi connectivity index (χ0) is 34.2. The molecule has 0 saturated carbocycles. The molecule has 2 aromatic heterocycles. The number of unbranched alkanes of at least 4 members (excludes halogenated alkanes) is 1. The first-order valence-electron chi connectivity index (χ1n) is 15.8. The van der Waals surface area contributed by atoms with Gasteiger partial charge >= 0.3 is 12.0 Å². The molecule has 3 saturated heterocycles. The van der Waals surface area contributed by atoms with Gasteiger partial charge in [0.05, 0.1) is 24.7 Å². The highest BCUT2D eigenvalue weighted by Gasteiger charge is 2.47. The second kappa shape index (κ2) is 16.7. The maximum absolute atomic E-state index is 12.1. The average molecular weight is 708 g/mol. The van der Waals surface area contributed by atoms with Gasteiger partial charge in [0, 0.05) is 42.7 Å². The highest BCUT2D eigenvalue weighted by atomic mass is 32.2. The minimum Gasteiger partial charge on any atom is -0.480 e. The number of aliphatic imine (C=N–C) groups is 2. The highest BCUT2D eigenvalue weighted by Crippen LogP contribution is 2.34.